The summed E-state index contributed by atoms with van der Waals surface area (Å²) in [6.45, 7) is 5.38. The van der Waals surface area contributed by atoms with E-state index in [-0.39, 0.29) is 0 Å². The van der Waals surface area contributed by atoms with Gasteiger partial charge in [0, 0.05) is 6.54 Å². The highest BCUT2D eigenvalue weighted by molar-refractivity contribution is 7.98. The van der Waals surface area contributed by atoms with Crippen molar-refractivity contribution in [1.82, 2.24) is 15.0 Å². The molecule has 0 spiro atoms. The van der Waals surface area contributed by atoms with Crippen molar-refractivity contribution in [3.8, 4) is 6.01 Å². The minimum Gasteiger partial charge on any atom is -0.468 e. The summed E-state index contributed by atoms with van der Waals surface area (Å²) in [5.41, 5.74) is 0. The number of hydrogen-bond donors (Lipinski definition) is 1. The summed E-state index contributed by atoms with van der Waals surface area (Å²) < 4.78 is 10.8. The lowest BCUT2D eigenvalue weighted by Gasteiger charge is -2.07. The molecular formula is C13H18N4O2S. The van der Waals surface area contributed by atoms with Gasteiger partial charge in [-0.05, 0) is 25.5 Å². The maximum absolute atomic E-state index is 5.48. The number of thioether (sulfide) groups is 1. The lowest BCUT2D eigenvalue weighted by atomic mass is 10.5. The Balaban J connectivity index is 2.06. The quantitative estimate of drug-likeness (QED) is 0.750. The molecule has 0 saturated heterocycles. The van der Waals surface area contributed by atoms with Crippen molar-refractivity contribution in [3.05, 3.63) is 24.2 Å². The van der Waals surface area contributed by atoms with Gasteiger partial charge in [-0.15, -0.1) is 0 Å². The van der Waals surface area contributed by atoms with Gasteiger partial charge >= 0.3 is 6.01 Å². The first-order valence-electron chi connectivity index (χ1n) is 6.59. The van der Waals surface area contributed by atoms with Crippen LogP contribution in [0.25, 0.3) is 0 Å². The highest BCUT2D eigenvalue weighted by atomic mass is 32.2. The van der Waals surface area contributed by atoms with Crippen molar-refractivity contribution in [2.75, 3.05) is 18.5 Å². The SMILES string of the molecule is CCCOc1nc(NCC)nc(SCc2ccco2)n1. The van der Waals surface area contributed by atoms with Crippen LogP contribution >= 0.6 is 11.8 Å². The molecule has 6 nitrogen and oxygen atoms in total. The normalized spacial score (nSPS) is 10.5. The fraction of sp³-hybridized carbons (Fsp3) is 0.462. The first-order chi connectivity index (χ1) is 9.81. The monoisotopic (exact) mass is 294 g/mol. The van der Waals surface area contributed by atoms with Gasteiger partial charge in [-0.25, -0.2) is 0 Å². The van der Waals surface area contributed by atoms with E-state index < -0.39 is 0 Å². The maximum atomic E-state index is 5.48. The van der Waals surface area contributed by atoms with Crippen molar-refractivity contribution in [2.24, 2.45) is 0 Å². The number of ether oxygens (including phenoxy) is 1. The first-order valence-corrected chi connectivity index (χ1v) is 7.58. The van der Waals surface area contributed by atoms with Crippen LogP contribution in [0.4, 0.5) is 5.95 Å². The molecule has 2 aromatic rings. The van der Waals surface area contributed by atoms with E-state index >= 15 is 0 Å². The maximum Gasteiger partial charge on any atom is 0.322 e. The molecule has 20 heavy (non-hydrogen) atoms. The van der Waals surface area contributed by atoms with Crippen molar-refractivity contribution < 1.29 is 9.15 Å². The summed E-state index contributed by atoms with van der Waals surface area (Å²) in [7, 11) is 0. The lowest BCUT2D eigenvalue weighted by molar-refractivity contribution is 0.288. The smallest absolute Gasteiger partial charge is 0.322 e. The summed E-state index contributed by atoms with van der Waals surface area (Å²) in [6.07, 6.45) is 2.57. The largest absolute Gasteiger partial charge is 0.468 e. The van der Waals surface area contributed by atoms with Crippen LogP contribution in [-0.4, -0.2) is 28.1 Å². The van der Waals surface area contributed by atoms with Gasteiger partial charge in [-0.1, -0.05) is 18.7 Å². The molecule has 7 heteroatoms. The Morgan fingerprint density at radius 2 is 2.20 bits per heavy atom. The Labute approximate surface area is 122 Å². The number of aromatic nitrogens is 3. The molecule has 108 valence electrons. The number of rotatable bonds is 8. The molecule has 0 radical (unpaired) electrons. The van der Waals surface area contributed by atoms with Gasteiger partial charge in [0.2, 0.25) is 5.95 Å². The van der Waals surface area contributed by atoms with Crippen molar-refractivity contribution >= 4 is 17.7 Å². The molecule has 0 bridgehead atoms. The standard InChI is InChI=1S/C13H18N4O2S/c1-3-7-19-12-15-11(14-4-2)16-13(17-12)20-9-10-6-5-8-18-10/h5-6,8H,3-4,7,9H2,1-2H3,(H,14,15,16,17). The molecule has 1 N–H and O–H groups in total. The van der Waals surface area contributed by atoms with Gasteiger partial charge in [0.1, 0.15) is 5.76 Å². The van der Waals surface area contributed by atoms with Crippen LogP contribution in [0.2, 0.25) is 0 Å². The lowest BCUT2D eigenvalue weighted by Crippen LogP contribution is -2.07. The molecule has 0 aromatic carbocycles. The summed E-state index contributed by atoms with van der Waals surface area (Å²) in [4.78, 5) is 12.8. The summed E-state index contributed by atoms with van der Waals surface area (Å²) in [5, 5.41) is 3.70. The van der Waals surface area contributed by atoms with E-state index in [4.69, 9.17) is 9.15 Å². The minimum atomic E-state index is 0.361. The summed E-state index contributed by atoms with van der Waals surface area (Å²) >= 11 is 1.49. The predicted octanol–water partition coefficient (Wildman–Crippen LogP) is 2.98. The summed E-state index contributed by atoms with van der Waals surface area (Å²) in [6, 6.07) is 4.15. The van der Waals surface area contributed by atoms with Gasteiger partial charge < -0.3 is 14.5 Å². The average Bonchev–Trinajstić information content (AvgIpc) is 2.96. The van der Waals surface area contributed by atoms with Crippen LogP contribution in [0, 0.1) is 0 Å². The Hall–Kier alpha value is -1.76. The molecule has 0 fully saturated rings. The minimum absolute atomic E-state index is 0.361. The predicted molar refractivity (Wildman–Crippen MR) is 78.0 cm³/mol. The van der Waals surface area contributed by atoms with Crippen molar-refractivity contribution in [1.29, 1.82) is 0 Å². The van der Waals surface area contributed by atoms with Crippen LogP contribution in [0.3, 0.4) is 0 Å². The Bertz CT molecular complexity index is 519. The second-order valence-electron chi connectivity index (χ2n) is 3.97. The third-order valence-electron chi connectivity index (χ3n) is 2.29. The Kier molecular flexibility index (Phi) is 5.67. The fourth-order valence-corrected chi connectivity index (χ4v) is 2.16. The first kappa shape index (κ1) is 14.6. The Morgan fingerprint density at radius 1 is 1.30 bits per heavy atom. The fourth-order valence-electron chi connectivity index (χ4n) is 1.43. The molecular weight excluding hydrogens is 276 g/mol. The number of nitrogens with one attached hydrogen (secondary N) is 1. The van der Waals surface area contributed by atoms with Crippen LogP contribution in [0.5, 0.6) is 6.01 Å². The molecule has 0 unspecified atom stereocenters. The average molecular weight is 294 g/mol. The molecule has 2 aromatic heterocycles. The molecule has 0 aliphatic carbocycles. The highest BCUT2D eigenvalue weighted by Crippen LogP contribution is 2.22. The Morgan fingerprint density at radius 3 is 2.90 bits per heavy atom. The van der Waals surface area contributed by atoms with E-state index in [1.54, 1.807) is 6.26 Å². The molecule has 0 amide bonds. The van der Waals surface area contributed by atoms with Gasteiger partial charge in [0.15, 0.2) is 5.16 Å². The number of hydrogen-bond acceptors (Lipinski definition) is 7. The zero-order valence-electron chi connectivity index (χ0n) is 11.6. The van der Waals surface area contributed by atoms with E-state index in [0.717, 1.165) is 18.7 Å². The van der Waals surface area contributed by atoms with Crippen LogP contribution in [0.15, 0.2) is 28.0 Å². The molecule has 0 atom stereocenters. The van der Waals surface area contributed by atoms with Crippen LogP contribution in [0.1, 0.15) is 26.0 Å². The second kappa shape index (κ2) is 7.74. The molecule has 0 aliphatic rings. The molecule has 2 rings (SSSR count). The summed E-state index contributed by atoms with van der Waals surface area (Å²) in [5.74, 6) is 2.10. The molecule has 0 aliphatic heterocycles. The van der Waals surface area contributed by atoms with Gasteiger partial charge in [0.05, 0.1) is 18.6 Å². The van der Waals surface area contributed by atoms with E-state index in [1.807, 2.05) is 26.0 Å². The van der Waals surface area contributed by atoms with Gasteiger partial charge in [-0.2, -0.15) is 15.0 Å². The number of furan rings is 1. The van der Waals surface area contributed by atoms with Crippen LogP contribution < -0.4 is 10.1 Å². The van der Waals surface area contributed by atoms with E-state index in [0.29, 0.717) is 29.5 Å². The van der Waals surface area contributed by atoms with Crippen LogP contribution in [-0.2, 0) is 5.75 Å². The van der Waals surface area contributed by atoms with Gasteiger partial charge in [-0.3, -0.25) is 0 Å². The van der Waals surface area contributed by atoms with E-state index in [9.17, 15) is 0 Å². The number of anilines is 1. The zero-order chi connectivity index (χ0) is 14.2. The third kappa shape index (κ3) is 4.41. The third-order valence-corrected chi connectivity index (χ3v) is 3.16. The zero-order valence-corrected chi connectivity index (χ0v) is 12.4. The second-order valence-corrected chi connectivity index (χ2v) is 4.91. The number of nitrogens with zero attached hydrogens (tertiary/aromatic N) is 3. The van der Waals surface area contributed by atoms with E-state index in [2.05, 4.69) is 20.3 Å². The van der Waals surface area contributed by atoms with Crippen molar-refractivity contribution in [3.63, 3.8) is 0 Å². The van der Waals surface area contributed by atoms with Crippen molar-refractivity contribution in [2.45, 2.75) is 31.2 Å². The topological polar surface area (TPSA) is 73.1 Å². The molecule has 2 heterocycles. The highest BCUT2D eigenvalue weighted by Gasteiger charge is 2.08. The molecule has 0 saturated carbocycles. The van der Waals surface area contributed by atoms with E-state index in [1.165, 1.54) is 11.8 Å². The van der Waals surface area contributed by atoms with Gasteiger partial charge in [0.25, 0.3) is 0 Å².